The van der Waals surface area contributed by atoms with Gasteiger partial charge in [-0.2, -0.15) is 0 Å². The van der Waals surface area contributed by atoms with Gasteiger partial charge in [-0.25, -0.2) is 0 Å². The highest BCUT2D eigenvalue weighted by Crippen LogP contribution is 2.22. The van der Waals surface area contributed by atoms with Crippen LogP contribution in [0.4, 0.5) is 10.5 Å². The van der Waals surface area contributed by atoms with Crippen molar-refractivity contribution < 1.29 is 19.5 Å². The van der Waals surface area contributed by atoms with Crippen LogP contribution in [0.1, 0.15) is 0 Å². The zero-order valence-corrected chi connectivity index (χ0v) is 10.1. The van der Waals surface area contributed by atoms with Gasteiger partial charge < -0.3 is 10.4 Å². The number of hydrogen-bond donors (Lipinski definition) is 2. The second-order valence-corrected chi connectivity index (χ2v) is 4.53. The van der Waals surface area contributed by atoms with E-state index in [1.54, 1.807) is 12.1 Å². The summed E-state index contributed by atoms with van der Waals surface area (Å²) < 4.78 is 0. The van der Waals surface area contributed by atoms with Gasteiger partial charge in [-0.1, -0.05) is 23.9 Å². The van der Waals surface area contributed by atoms with Crippen molar-refractivity contribution in [2.24, 2.45) is 0 Å². The van der Waals surface area contributed by atoms with E-state index in [4.69, 9.17) is 0 Å². The Kier molecular flexibility index (Phi) is 3.52. The van der Waals surface area contributed by atoms with Gasteiger partial charge in [-0.15, -0.1) is 0 Å². The maximum Gasteiger partial charge on any atom is 0.289 e. The van der Waals surface area contributed by atoms with Gasteiger partial charge in [-0.05, 0) is 12.1 Å². The Balaban J connectivity index is 1.99. The number of aromatic hydroxyl groups is 1. The summed E-state index contributed by atoms with van der Waals surface area (Å²) in [4.78, 5) is 35.1. The lowest BCUT2D eigenvalue weighted by molar-refractivity contribution is -0.128. The Labute approximate surface area is 107 Å². The second kappa shape index (κ2) is 5.09. The Hall–Kier alpha value is -2.02. The Bertz CT molecular complexity index is 502. The van der Waals surface area contributed by atoms with Crippen molar-refractivity contribution in [1.82, 2.24) is 4.90 Å². The molecule has 0 spiro atoms. The Morgan fingerprint density at radius 1 is 1.39 bits per heavy atom. The second-order valence-electron chi connectivity index (χ2n) is 3.60. The van der Waals surface area contributed by atoms with Crippen molar-refractivity contribution in [2.75, 3.05) is 17.6 Å². The average Bonchev–Trinajstić information content (AvgIpc) is 2.64. The molecule has 1 aliphatic rings. The van der Waals surface area contributed by atoms with Crippen LogP contribution in [0.5, 0.6) is 5.75 Å². The highest BCUT2D eigenvalue weighted by atomic mass is 32.2. The number of hydrogen-bond acceptors (Lipinski definition) is 5. The van der Waals surface area contributed by atoms with E-state index in [2.05, 4.69) is 5.32 Å². The normalized spacial score (nSPS) is 15.0. The van der Waals surface area contributed by atoms with E-state index in [0.29, 0.717) is 0 Å². The summed E-state index contributed by atoms with van der Waals surface area (Å²) in [5, 5.41) is 11.5. The maximum atomic E-state index is 11.6. The van der Waals surface area contributed by atoms with Crippen LogP contribution in [0.25, 0.3) is 0 Å². The first-order valence-electron chi connectivity index (χ1n) is 5.13. The van der Waals surface area contributed by atoms with Crippen molar-refractivity contribution in [1.29, 1.82) is 0 Å². The number of benzene rings is 1. The van der Waals surface area contributed by atoms with E-state index in [-0.39, 0.29) is 29.6 Å². The number of imide groups is 1. The molecule has 0 saturated carbocycles. The van der Waals surface area contributed by atoms with E-state index in [1.165, 1.54) is 12.1 Å². The van der Waals surface area contributed by atoms with E-state index >= 15 is 0 Å². The highest BCUT2D eigenvalue weighted by molar-refractivity contribution is 8.14. The molecule has 6 nitrogen and oxygen atoms in total. The number of amides is 3. The summed E-state index contributed by atoms with van der Waals surface area (Å²) >= 11 is 0.873. The first-order valence-corrected chi connectivity index (χ1v) is 6.11. The first-order chi connectivity index (χ1) is 8.58. The minimum absolute atomic E-state index is 0.0701. The molecule has 2 rings (SSSR count). The number of phenolic OH excluding ortho intramolecular Hbond substituents is 1. The van der Waals surface area contributed by atoms with Crippen LogP contribution in [0.15, 0.2) is 24.3 Å². The van der Waals surface area contributed by atoms with Gasteiger partial charge in [0.2, 0.25) is 11.8 Å². The molecule has 0 radical (unpaired) electrons. The van der Waals surface area contributed by atoms with Crippen LogP contribution in [-0.2, 0) is 9.59 Å². The fourth-order valence-electron chi connectivity index (χ4n) is 1.45. The monoisotopic (exact) mass is 266 g/mol. The van der Waals surface area contributed by atoms with Crippen molar-refractivity contribution in [3.05, 3.63) is 24.3 Å². The van der Waals surface area contributed by atoms with Crippen LogP contribution in [0.2, 0.25) is 0 Å². The zero-order valence-electron chi connectivity index (χ0n) is 9.25. The summed E-state index contributed by atoms with van der Waals surface area (Å²) in [7, 11) is 0. The van der Waals surface area contributed by atoms with Crippen LogP contribution < -0.4 is 5.32 Å². The Morgan fingerprint density at radius 3 is 2.72 bits per heavy atom. The van der Waals surface area contributed by atoms with Gasteiger partial charge in [-0.3, -0.25) is 19.3 Å². The largest absolute Gasteiger partial charge is 0.506 e. The van der Waals surface area contributed by atoms with Gasteiger partial charge in [0, 0.05) is 0 Å². The van der Waals surface area contributed by atoms with Gasteiger partial charge in [0.05, 0.1) is 11.4 Å². The summed E-state index contributed by atoms with van der Waals surface area (Å²) in [6.45, 7) is -0.334. The number of nitrogens with zero attached hydrogens (tertiary/aromatic N) is 1. The highest BCUT2D eigenvalue weighted by Gasteiger charge is 2.31. The third-order valence-electron chi connectivity index (χ3n) is 2.32. The van der Waals surface area contributed by atoms with Gasteiger partial charge in [0.15, 0.2) is 0 Å². The molecule has 1 saturated heterocycles. The van der Waals surface area contributed by atoms with Crippen molar-refractivity contribution >= 4 is 34.5 Å². The van der Waals surface area contributed by atoms with Crippen LogP contribution in [0, 0.1) is 0 Å². The SMILES string of the molecule is O=C(CN1C(=O)CSC1=O)Nc1ccccc1O. The molecule has 1 aromatic carbocycles. The van der Waals surface area contributed by atoms with Crippen molar-refractivity contribution in [2.45, 2.75) is 0 Å². The lowest BCUT2D eigenvalue weighted by atomic mass is 10.3. The number of rotatable bonds is 3. The topological polar surface area (TPSA) is 86.7 Å². The van der Waals surface area contributed by atoms with Gasteiger partial charge >= 0.3 is 0 Å². The molecule has 0 aromatic heterocycles. The number of carbonyl (C=O) groups is 3. The number of nitrogens with one attached hydrogen (secondary N) is 1. The summed E-state index contributed by atoms with van der Waals surface area (Å²) in [6, 6.07) is 6.22. The molecule has 0 bridgehead atoms. The van der Waals surface area contributed by atoms with E-state index < -0.39 is 11.1 Å². The molecular weight excluding hydrogens is 256 g/mol. The molecule has 0 atom stereocenters. The van der Waals surface area contributed by atoms with Crippen molar-refractivity contribution in [3.63, 3.8) is 0 Å². The fraction of sp³-hybridized carbons (Fsp3) is 0.182. The molecule has 1 fully saturated rings. The molecule has 1 heterocycles. The Morgan fingerprint density at radius 2 is 2.11 bits per heavy atom. The maximum absolute atomic E-state index is 11.6. The fourth-order valence-corrected chi connectivity index (χ4v) is 2.17. The summed E-state index contributed by atoms with van der Waals surface area (Å²) in [5.41, 5.74) is 0.245. The number of phenols is 1. The number of carbonyl (C=O) groups excluding carboxylic acids is 3. The summed E-state index contributed by atoms with van der Waals surface area (Å²) in [5.74, 6) is -0.902. The van der Waals surface area contributed by atoms with Crippen LogP contribution in [0.3, 0.4) is 0 Å². The van der Waals surface area contributed by atoms with Crippen molar-refractivity contribution in [3.8, 4) is 5.75 Å². The average molecular weight is 266 g/mol. The number of anilines is 1. The zero-order chi connectivity index (χ0) is 13.1. The van der Waals surface area contributed by atoms with Crippen LogP contribution >= 0.6 is 11.8 Å². The molecule has 94 valence electrons. The molecule has 1 aliphatic heterocycles. The minimum Gasteiger partial charge on any atom is -0.506 e. The molecule has 3 amide bonds. The van der Waals surface area contributed by atoms with Gasteiger partial charge in [0.25, 0.3) is 5.24 Å². The molecule has 7 heteroatoms. The molecule has 1 aromatic rings. The predicted octanol–water partition coefficient (Wildman–Crippen LogP) is 1.03. The smallest absolute Gasteiger partial charge is 0.289 e. The molecule has 2 N–H and O–H groups in total. The molecule has 0 unspecified atom stereocenters. The third kappa shape index (κ3) is 2.62. The molecule has 0 aliphatic carbocycles. The van der Waals surface area contributed by atoms with E-state index in [0.717, 1.165) is 16.7 Å². The minimum atomic E-state index is -0.527. The predicted molar refractivity (Wildman–Crippen MR) is 66.3 cm³/mol. The number of thioether (sulfide) groups is 1. The molecular formula is C11H10N2O4S. The number of para-hydroxylation sites is 2. The van der Waals surface area contributed by atoms with Crippen LogP contribution in [-0.4, -0.2) is 39.4 Å². The summed E-state index contributed by atoms with van der Waals surface area (Å²) in [6.07, 6.45) is 0. The lowest BCUT2D eigenvalue weighted by Gasteiger charge is -2.13. The third-order valence-corrected chi connectivity index (χ3v) is 3.18. The lowest BCUT2D eigenvalue weighted by Crippen LogP contribution is -2.36. The standard InChI is InChI=1S/C11H10N2O4S/c14-8-4-2-1-3-7(8)12-9(15)5-13-10(16)6-18-11(13)17/h1-4,14H,5-6H2,(H,12,15). The van der Waals surface area contributed by atoms with Gasteiger partial charge in [0.1, 0.15) is 12.3 Å². The quantitative estimate of drug-likeness (QED) is 0.798. The first kappa shape index (κ1) is 12.4. The molecule has 18 heavy (non-hydrogen) atoms. The van der Waals surface area contributed by atoms with E-state index in [1.807, 2.05) is 0 Å². The van der Waals surface area contributed by atoms with E-state index in [9.17, 15) is 19.5 Å².